The van der Waals surface area contributed by atoms with Crippen molar-refractivity contribution >= 4 is 0 Å². The summed E-state index contributed by atoms with van der Waals surface area (Å²) in [4.78, 5) is 0. The summed E-state index contributed by atoms with van der Waals surface area (Å²) in [5.41, 5.74) is 1.13. The highest BCUT2D eigenvalue weighted by Gasteiger charge is 2.40. The van der Waals surface area contributed by atoms with Gasteiger partial charge in [0.05, 0.1) is 25.4 Å². The highest BCUT2D eigenvalue weighted by Crippen LogP contribution is 2.30. The number of benzene rings is 1. The van der Waals surface area contributed by atoms with Gasteiger partial charge in [0.2, 0.25) is 0 Å². The molecule has 0 spiro atoms. The fourth-order valence-corrected chi connectivity index (χ4v) is 2.61. The number of aliphatic hydroxyl groups is 1. The van der Waals surface area contributed by atoms with Crippen molar-refractivity contribution in [2.45, 2.75) is 39.0 Å². The smallest absolute Gasteiger partial charge is 0.162 e. The molecule has 1 heterocycles. The van der Waals surface area contributed by atoms with E-state index in [-0.39, 0.29) is 24.2 Å². The standard InChI is InChI=1S/C16H24O4/c1-11-14(20-16(18-3)12(2)15(11)17)10-19-9-13-7-5-4-6-8-13/h4-8,11-12,14-17H,9-10H2,1-3H3/t11-,12?,14?,15-,16+/m0/s1. The van der Waals surface area contributed by atoms with Crippen LogP contribution in [0.3, 0.4) is 0 Å². The van der Waals surface area contributed by atoms with Crippen LogP contribution >= 0.6 is 0 Å². The van der Waals surface area contributed by atoms with Crippen LogP contribution < -0.4 is 0 Å². The zero-order valence-electron chi connectivity index (χ0n) is 12.4. The van der Waals surface area contributed by atoms with Crippen molar-refractivity contribution in [1.82, 2.24) is 0 Å². The van der Waals surface area contributed by atoms with Crippen LogP contribution in [0.1, 0.15) is 19.4 Å². The van der Waals surface area contributed by atoms with Crippen molar-refractivity contribution in [3.05, 3.63) is 35.9 Å². The second-order valence-corrected chi connectivity index (χ2v) is 5.49. The SMILES string of the molecule is CO[C@@H]1OC(COCc2ccccc2)[C@H](C)[C@H](O)C1C. The molecule has 1 aliphatic rings. The van der Waals surface area contributed by atoms with E-state index in [1.165, 1.54) is 0 Å². The lowest BCUT2D eigenvalue weighted by molar-refractivity contribution is -0.261. The molecular formula is C16H24O4. The van der Waals surface area contributed by atoms with Crippen LogP contribution in [0.5, 0.6) is 0 Å². The molecule has 1 aromatic rings. The number of methoxy groups -OCH3 is 1. The highest BCUT2D eigenvalue weighted by atomic mass is 16.7. The van der Waals surface area contributed by atoms with Gasteiger partial charge in [-0.2, -0.15) is 0 Å². The lowest BCUT2D eigenvalue weighted by Crippen LogP contribution is -2.51. The molecule has 1 fully saturated rings. The van der Waals surface area contributed by atoms with E-state index in [4.69, 9.17) is 14.2 Å². The zero-order valence-corrected chi connectivity index (χ0v) is 12.4. The molecule has 20 heavy (non-hydrogen) atoms. The van der Waals surface area contributed by atoms with Gasteiger partial charge in [0.1, 0.15) is 0 Å². The van der Waals surface area contributed by atoms with E-state index >= 15 is 0 Å². The zero-order chi connectivity index (χ0) is 14.5. The Morgan fingerprint density at radius 1 is 1.15 bits per heavy atom. The summed E-state index contributed by atoms with van der Waals surface area (Å²) in [6.45, 7) is 4.94. The second kappa shape index (κ2) is 7.18. The third-order valence-electron chi connectivity index (χ3n) is 4.03. The van der Waals surface area contributed by atoms with Gasteiger partial charge < -0.3 is 19.3 Å². The van der Waals surface area contributed by atoms with Gasteiger partial charge in [-0.05, 0) is 5.56 Å². The molecule has 0 amide bonds. The first kappa shape index (κ1) is 15.4. The first-order valence-corrected chi connectivity index (χ1v) is 7.11. The van der Waals surface area contributed by atoms with E-state index in [2.05, 4.69) is 0 Å². The van der Waals surface area contributed by atoms with Gasteiger partial charge in [-0.3, -0.25) is 0 Å². The number of hydrogen-bond acceptors (Lipinski definition) is 4. The molecule has 1 N–H and O–H groups in total. The summed E-state index contributed by atoms with van der Waals surface area (Å²) in [5.74, 6) is 0.00699. The minimum atomic E-state index is -0.431. The van der Waals surface area contributed by atoms with Crippen LogP contribution in [-0.4, -0.2) is 37.3 Å². The van der Waals surface area contributed by atoms with Crippen LogP contribution in [0, 0.1) is 11.8 Å². The quantitative estimate of drug-likeness (QED) is 0.898. The molecule has 0 saturated carbocycles. The maximum atomic E-state index is 10.2. The maximum absolute atomic E-state index is 10.2. The largest absolute Gasteiger partial charge is 0.392 e. The number of hydrogen-bond donors (Lipinski definition) is 1. The summed E-state index contributed by atoms with van der Waals surface area (Å²) in [5, 5.41) is 10.2. The monoisotopic (exact) mass is 280 g/mol. The Labute approximate surface area is 120 Å². The minimum absolute atomic E-state index is 0.0274. The Balaban J connectivity index is 1.85. The molecule has 112 valence electrons. The Morgan fingerprint density at radius 3 is 2.50 bits per heavy atom. The molecular weight excluding hydrogens is 256 g/mol. The van der Waals surface area contributed by atoms with Gasteiger partial charge in [0, 0.05) is 18.9 Å². The van der Waals surface area contributed by atoms with Gasteiger partial charge >= 0.3 is 0 Å². The Hall–Kier alpha value is -0.940. The molecule has 1 aliphatic heterocycles. The third-order valence-corrected chi connectivity index (χ3v) is 4.03. The third kappa shape index (κ3) is 3.58. The molecule has 0 aliphatic carbocycles. The van der Waals surface area contributed by atoms with E-state index in [9.17, 15) is 5.11 Å². The lowest BCUT2D eigenvalue weighted by Gasteiger charge is -2.41. The van der Waals surface area contributed by atoms with Crippen molar-refractivity contribution in [3.63, 3.8) is 0 Å². The summed E-state index contributed by atoms with van der Waals surface area (Å²) >= 11 is 0. The van der Waals surface area contributed by atoms with Crippen LogP contribution in [0.15, 0.2) is 30.3 Å². The number of rotatable bonds is 5. The first-order chi connectivity index (χ1) is 9.63. The average Bonchev–Trinajstić information content (AvgIpc) is 2.48. The van der Waals surface area contributed by atoms with E-state index < -0.39 is 6.10 Å². The summed E-state index contributed by atoms with van der Waals surface area (Å²) in [6.07, 6.45) is -0.944. The molecule has 1 saturated heterocycles. The van der Waals surface area contributed by atoms with Gasteiger partial charge in [-0.25, -0.2) is 0 Å². The summed E-state index contributed by atoms with van der Waals surface area (Å²) in [6, 6.07) is 10.0. The molecule has 4 heteroatoms. The van der Waals surface area contributed by atoms with Crippen molar-refractivity contribution in [3.8, 4) is 0 Å². The Morgan fingerprint density at radius 2 is 1.85 bits per heavy atom. The Kier molecular flexibility index (Phi) is 5.54. The van der Waals surface area contributed by atoms with Crippen molar-refractivity contribution in [1.29, 1.82) is 0 Å². The van der Waals surface area contributed by atoms with Crippen LogP contribution in [0.4, 0.5) is 0 Å². The summed E-state index contributed by atoms with van der Waals surface area (Å²) in [7, 11) is 1.60. The Bertz CT molecular complexity index is 393. The first-order valence-electron chi connectivity index (χ1n) is 7.11. The van der Waals surface area contributed by atoms with Crippen molar-refractivity contribution in [2.75, 3.05) is 13.7 Å². The van der Waals surface area contributed by atoms with Gasteiger partial charge in [-0.15, -0.1) is 0 Å². The van der Waals surface area contributed by atoms with Gasteiger partial charge in [0.25, 0.3) is 0 Å². The normalized spacial score (nSPS) is 34.1. The van der Waals surface area contributed by atoms with E-state index in [0.717, 1.165) is 5.56 Å². The predicted molar refractivity (Wildman–Crippen MR) is 76.1 cm³/mol. The fraction of sp³-hybridized carbons (Fsp3) is 0.625. The van der Waals surface area contributed by atoms with E-state index in [0.29, 0.717) is 13.2 Å². The molecule has 4 nitrogen and oxygen atoms in total. The molecule has 0 bridgehead atoms. The molecule has 1 aromatic carbocycles. The van der Waals surface area contributed by atoms with Crippen LogP contribution in [0.2, 0.25) is 0 Å². The van der Waals surface area contributed by atoms with Crippen molar-refractivity contribution in [2.24, 2.45) is 11.8 Å². The van der Waals surface area contributed by atoms with E-state index in [1.54, 1.807) is 7.11 Å². The lowest BCUT2D eigenvalue weighted by atomic mass is 9.86. The molecule has 5 atom stereocenters. The highest BCUT2D eigenvalue weighted by molar-refractivity contribution is 5.13. The molecule has 0 aromatic heterocycles. The summed E-state index contributed by atoms with van der Waals surface area (Å²) < 4.78 is 16.9. The molecule has 2 rings (SSSR count). The topological polar surface area (TPSA) is 47.9 Å². The van der Waals surface area contributed by atoms with E-state index in [1.807, 2.05) is 44.2 Å². The van der Waals surface area contributed by atoms with Gasteiger partial charge in [0.15, 0.2) is 6.29 Å². The maximum Gasteiger partial charge on any atom is 0.162 e. The fourth-order valence-electron chi connectivity index (χ4n) is 2.61. The molecule has 2 unspecified atom stereocenters. The average molecular weight is 280 g/mol. The predicted octanol–water partition coefficient (Wildman–Crippen LogP) is 2.21. The van der Waals surface area contributed by atoms with Crippen LogP contribution in [-0.2, 0) is 20.8 Å². The number of ether oxygens (including phenoxy) is 3. The molecule has 0 radical (unpaired) electrons. The van der Waals surface area contributed by atoms with Crippen LogP contribution in [0.25, 0.3) is 0 Å². The number of aliphatic hydroxyl groups excluding tert-OH is 1. The van der Waals surface area contributed by atoms with Gasteiger partial charge in [-0.1, -0.05) is 44.2 Å². The minimum Gasteiger partial charge on any atom is -0.392 e. The van der Waals surface area contributed by atoms with Crippen molar-refractivity contribution < 1.29 is 19.3 Å². The second-order valence-electron chi connectivity index (χ2n) is 5.49.